The summed E-state index contributed by atoms with van der Waals surface area (Å²) in [7, 11) is 1.34. The van der Waals surface area contributed by atoms with E-state index in [2.05, 4.69) is 5.32 Å². The quantitative estimate of drug-likeness (QED) is 0.851. The van der Waals surface area contributed by atoms with Gasteiger partial charge in [0.05, 0.1) is 7.11 Å². The lowest BCUT2D eigenvalue weighted by atomic mass is 10.1. The Hall–Kier alpha value is -2.56. The Bertz CT molecular complexity index is 698. The van der Waals surface area contributed by atoms with Crippen molar-refractivity contribution in [1.29, 1.82) is 0 Å². The van der Waals surface area contributed by atoms with Crippen LogP contribution in [0.4, 0.5) is 10.1 Å². The van der Waals surface area contributed by atoms with Gasteiger partial charge < -0.3 is 15.2 Å². The average molecular weight is 289 g/mol. The molecule has 0 aromatic heterocycles. The molecule has 0 heterocycles. The summed E-state index contributed by atoms with van der Waals surface area (Å²) in [6, 6.07) is 7.17. The molecule has 0 radical (unpaired) electrons. The first-order valence-corrected chi connectivity index (χ1v) is 6.37. The predicted octanol–water partition coefficient (Wildman–Crippen LogP) is 3.41. The van der Waals surface area contributed by atoms with Gasteiger partial charge in [0.25, 0.3) is 5.91 Å². The molecule has 2 aromatic carbocycles. The first-order valence-electron chi connectivity index (χ1n) is 6.37. The van der Waals surface area contributed by atoms with Crippen LogP contribution in [0.25, 0.3) is 0 Å². The molecule has 0 saturated heterocycles. The zero-order valence-electron chi connectivity index (χ0n) is 12.0. The maximum absolute atomic E-state index is 13.3. The van der Waals surface area contributed by atoms with Crippen LogP contribution in [0.15, 0.2) is 30.3 Å². The van der Waals surface area contributed by atoms with Gasteiger partial charge in [-0.15, -0.1) is 0 Å². The molecule has 0 aliphatic rings. The fourth-order valence-corrected chi connectivity index (χ4v) is 1.93. The van der Waals surface area contributed by atoms with E-state index in [0.717, 1.165) is 5.56 Å². The van der Waals surface area contributed by atoms with E-state index in [4.69, 9.17) is 4.74 Å². The number of aromatic hydroxyl groups is 1. The number of phenolic OH excluding ortho intramolecular Hbond substituents is 1. The number of hydrogen-bond acceptors (Lipinski definition) is 3. The number of rotatable bonds is 3. The molecule has 0 bridgehead atoms. The molecule has 110 valence electrons. The van der Waals surface area contributed by atoms with Crippen molar-refractivity contribution in [1.82, 2.24) is 0 Å². The minimum absolute atomic E-state index is 0.0151. The fraction of sp³-hybridized carbons (Fsp3) is 0.188. The number of carbonyl (C=O) groups excluding carboxylic acids is 1. The number of methoxy groups -OCH3 is 1. The number of phenols is 1. The van der Waals surface area contributed by atoms with Crippen LogP contribution in [0, 0.1) is 19.7 Å². The Balaban J connectivity index is 2.28. The summed E-state index contributed by atoms with van der Waals surface area (Å²) in [6.45, 7) is 3.52. The number of benzene rings is 2. The van der Waals surface area contributed by atoms with Crippen molar-refractivity contribution >= 4 is 11.6 Å². The number of hydrogen-bond donors (Lipinski definition) is 2. The molecule has 0 aliphatic carbocycles. The normalized spacial score (nSPS) is 10.3. The van der Waals surface area contributed by atoms with E-state index in [0.29, 0.717) is 16.8 Å². The lowest BCUT2D eigenvalue weighted by Gasteiger charge is -2.11. The highest BCUT2D eigenvalue weighted by atomic mass is 19.1. The number of halogens is 1. The van der Waals surface area contributed by atoms with E-state index in [1.165, 1.54) is 25.3 Å². The van der Waals surface area contributed by atoms with E-state index >= 15 is 0 Å². The van der Waals surface area contributed by atoms with Crippen LogP contribution in [0.2, 0.25) is 0 Å². The minimum Gasteiger partial charge on any atom is -0.508 e. The van der Waals surface area contributed by atoms with Gasteiger partial charge in [-0.1, -0.05) is 0 Å². The molecule has 2 rings (SSSR count). The lowest BCUT2D eigenvalue weighted by molar-refractivity contribution is 0.102. The number of nitrogens with one attached hydrogen (secondary N) is 1. The van der Waals surface area contributed by atoms with Crippen molar-refractivity contribution in [3.63, 3.8) is 0 Å². The molecule has 1 amide bonds. The van der Waals surface area contributed by atoms with Gasteiger partial charge in [0.2, 0.25) is 0 Å². The summed E-state index contributed by atoms with van der Waals surface area (Å²) in [5.41, 5.74) is 2.28. The fourth-order valence-electron chi connectivity index (χ4n) is 1.93. The second-order valence-corrected chi connectivity index (χ2v) is 4.76. The van der Waals surface area contributed by atoms with Crippen LogP contribution in [-0.2, 0) is 0 Å². The predicted molar refractivity (Wildman–Crippen MR) is 78.5 cm³/mol. The molecule has 2 aromatic rings. The van der Waals surface area contributed by atoms with Gasteiger partial charge in [0, 0.05) is 11.3 Å². The summed E-state index contributed by atoms with van der Waals surface area (Å²) in [6.07, 6.45) is 0. The molecule has 0 spiro atoms. The number of ether oxygens (including phenoxy) is 1. The van der Waals surface area contributed by atoms with E-state index < -0.39 is 5.82 Å². The van der Waals surface area contributed by atoms with Crippen LogP contribution in [0.1, 0.15) is 21.5 Å². The van der Waals surface area contributed by atoms with Crippen molar-refractivity contribution in [2.24, 2.45) is 0 Å². The zero-order chi connectivity index (χ0) is 15.6. The van der Waals surface area contributed by atoms with E-state index in [1.54, 1.807) is 26.0 Å². The van der Waals surface area contributed by atoms with Gasteiger partial charge in [-0.3, -0.25) is 4.79 Å². The van der Waals surface area contributed by atoms with Crippen LogP contribution >= 0.6 is 0 Å². The number of aryl methyl sites for hydroxylation is 2. The van der Waals surface area contributed by atoms with Crippen molar-refractivity contribution in [2.45, 2.75) is 13.8 Å². The summed E-state index contributed by atoms with van der Waals surface area (Å²) in [5, 5.41) is 12.3. The van der Waals surface area contributed by atoms with Gasteiger partial charge in [-0.25, -0.2) is 4.39 Å². The molecular weight excluding hydrogens is 273 g/mol. The zero-order valence-corrected chi connectivity index (χ0v) is 12.0. The number of amides is 1. The third-order valence-corrected chi connectivity index (χ3v) is 3.20. The van der Waals surface area contributed by atoms with Gasteiger partial charge in [-0.2, -0.15) is 0 Å². The van der Waals surface area contributed by atoms with Gasteiger partial charge in [-0.05, 0) is 55.3 Å². The maximum atomic E-state index is 13.3. The molecule has 5 heteroatoms. The molecular formula is C16H16FNO3. The second-order valence-electron chi connectivity index (χ2n) is 4.76. The Labute approximate surface area is 122 Å². The molecule has 0 saturated carbocycles. The molecule has 0 fully saturated rings. The summed E-state index contributed by atoms with van der Waals surface area (Å²) in [4.78, 5) is 12.2. The standard InChI is InChI=1S/C16H16FNO3/c1-9-7-14(19)10(2)6-13(9)18-16(20)11-4-5-12(17)15(8-11)21-3/h4-8,19H,1-3H3,(H,18,20). The van der Waals surface area contributed by atoms with Crippen molar-refractivity contribution in [2.75, 3.05) is 12.4 Å². The average Bonchev–Trinajstić information content (AvgIpc) is 2.45. The summed E-state index contributed by atoms with van der Waals surface area (Å²) in [5.74, 6) is -0.706. The smallest absolute Gasteiger partial charge is 0.255 e. The molecule has 0 unspecified atom stereocenters. The Morgan fingerprint density at radius 1 is 1.19 bits per heavy atom. The van der Waals surface area contributed by atoms with E-state index in [1.807, 2.05) is 0 Å². The SMILES string of the molecule is COc1cc(C(=O)Nc2cc(C)c(O)cc2C)ccc1F. The molecule has 2 N–H and O–H groups in total. The summed E-state index contributed by atoms with van der Waals surface area (Å²) >= 11 is 0. The second kappa shape index (κ2) is 5.83. The highest BCUT2D eigenvalue weighted by Gasteiger charge is 2.12. The van der Waals surface area contributed by atoms with Crippen LogP contribution in [0.3, 0.4) is 0 Å². The number of carbonyl (C=O) groups is 1. The minimum atomic E-state index is -0.522. The summed E-state index contributed by atoms with van der Waals surface area (Å²) < 4.78 is 18.2. The van der Waals surface area contributed by atoms with Crippen molar-refractivity contribution < 1.29 is 19.0 Å². The third kappa shape index (κ3) is 3.13. The maximum Gasteiger partial charge on any atom is 0.255 e. The molecule has 0 atom stereocenters. The monoisotopic (exact) mass is 289 g/mol. The first-order chi connectivity index (χ1) is 9.92. The van der Waals surface area contributed by atoms with Crippen LogP contribution < -0.4 is 10.1 Å². The Morgan fingerprint density at radius 3 is 2.57 bits per heavy atom. The Kier molecular flexibility index (Phi) is 4.12. The largest absolute Gasteiger partial charge is 0.508 e. The van der Waals surface area contributed by atoms with Crippen molar-refractivity contribution in [3.05, 3.63) is 52.8 Å². The first kappa shape index (κ1) is 14.8. The lowest BCUT2D eigenvalue weighted by Crippen LogP contribution is -2.13. The van der Waals surface area contributed by atoms with Gasteiger partial charge in [0.15, 0.2) is 11.6 Å². The van der Waals surface area contributed by atoms with Crippen LogP contribution in [0.5, 0.6) is 11.5 Å². The number of anilines is 1. The van der Waals surface area contributed by atoms with Crippen molar-refractivity contribution in [3.8, 4) is 11.5 Å². The van der Waals surface area contributed by atoms with Gasteiger partial charge >= 0.3 is 0 Å². The van der Waals surface area contributed by atoms with E-state index in [9.17, 15) is 14.3 Å². The highest BCUT2D eigenvalue weighted by Crippen LogP contribution is 2.26. The Morgan fingerprint density at radius 2 is 1.90 bits per heavy atom. The third-order valence-electron chi connectivity index (χ3n) is 3.20. The highest BCUT2D eigenvalue weighted by molar-refractivity contribution is 6.05. The molecule has 0 aliphatic heterocycles. The molecule has 4 nitrogen and oxygen atoms in total. The molecule has 21 heavy (non-hydrogen) atoms. The van der Waals surface area contributed by atoms with Gasteiger partial charge in [0.1, 0.15) is 5.75 Å². The van der Waals surface area contributed by atoms with E-state index in [-0.39, 0.29) is 17.4 Å². The topological polar surface area (TPSA) is 58.6 Å². The van der Waals surface area contributed by atoms with Crippen LogP contribution in [-0.4, -0.2) is 18.1 Å².